The second-order valence-corrected chi connectivity index (χ2v) is 12.3. The van der Waals surface area contributed by atoms with E-state index in [0.717, 1.165) is 31.4 Å². The molecule has 1 saturated carbocycles. The van der Waals surface area contributed by atoms with E-state index in [4.69, 9.17) is 16.3 Å². The Labute approximate surface area is 217 Å². The van der Waals surface area contributed by atoms with E-state index in [2.05, 4.69) is 4.98 Å². The molecule has 2 N–H and O–H groups in total. The fourth-order valence-corrected chi connectivity index (χ4v) is 5.14. The van der Waals surface area contributed by atoms with E-state index >= 15 is 0 Å². The van der Waals surface area contributed by atoms with Crippen LogP contribution < -0.4 is 14.4 Å². The van der Waals surface area contributed by atoms with Gasteiger partial charge in [0.1, 0.15) is 23.6 Å². The summed E-state index contributed by atoms with van der Waals surface area (Å²) in [6.45, 7) is 3.17. The van der Waals surface area contributed by atoms with Crippen LogP contribution in [0.4, 0.5) is 23.4 Å². The van der Waals surface area contributed by atoms with Gasteiger partial charge in [0.15, 0.2) is 0 Å². The van der Waals surface area contributed by atoms with Crippen molar-refractivity contribution in [3.8, 4) is 5.75 Å². The first-order valence-corrected chi connectivity index (χ1v) is 14.0. The Morgan fingerprint density at radius 2 is 1.92 bits per heavy atom. The third-order valence-corrected chi connectivity index (χ3v) is 7.74. The lowest BCUT2D eigenvalue weighted by molar-refractivity contribution is -0.137. The summed E-state index contributed by atoms with van der Waals surface area (Å²) < 4.78 is 85.4. The minimum atomic E-state index is -4.58. The van der Waals surface area contributed by atoms with Gasteiger partial charge >= 0.3 is 6.18 Å². The topological polar surface area (TPSA) is 91.8 Å². The highest BCUT2D eigenvalue weighted by molar-refractivity contribution is 7.88. The van der Waals surface area contributed by atoms with Crippen LogP contribution >= 0.6 is 11.6 Å². The Kier molecular flexibility index (Phi) is 7.68. The summed E-state index contributed by atoms with van der Waals surface area (Å²) in [6.07, 6.45) is -1.46. The number of anilines is 1. The van der Waals surface area contributed by atoms with Gasteiger partial charge in [-0.05, 0) is 49.3 Å². The Morgan fingerprint density at radius 3 is 2.49 bits per heavy atom. The predicted molar refractivity (Wildman–Crippen MR) is 131 cm³/mol. The zero-order valence-electron chi connectivity index (χ0n) is 20.3. The quantitative estimate of drug-likeness (QED) is 0.346. The Morgan fingerprint density at radius 1 is 1.27 bits per heavy atom. The number of ether oxygens (including phenoxy) is 1. The number of sulfonamides is 1. The summed E-state index contributed by atoms with van der Waals surface area (Å²) in [5.41, 5.74) is -0.709. The molecule has 2 aliphatic rings. The first-order valence-electron chi connectivity index (χ1n) is 11.7. The van der Waals surface area contributed by atoms with Crippen molar-refractivity contribution in [3.05, 3.63) is 51.9 Å². The molecule has 1 atom stereocenters. The molecule has 2 aromatic rings. The molecule has 1 aromatic heterocycles. The maximum absolute atomic E-state index is 14.8. The van der Waals surface area contributed by atoms with Crippen molar-refractivity contribution in [2.75, 3.05) is 30.9 Å². The number of aromatic nitrogens is 1. The molecule has 1 aromatic carbocycles. The molecule has 7 nitrogen and oxygen atoms in total. The molecule has 1 aliphatic carbocycles. The monoisotopic (exact) mass is 565 g/mol. The molecule has 204 valence electrons. The minimum Gasteiger partial charge on any atom is -0.493 e. The molecule has 2 heterocycles. The largest absolute Gasteiger partial charge is 0.493 e. The van der Waals surface area contributed by atoms with Crippen LogP contribution in [0.1, 0.15) is 61.4 Å². The molecule has 0 radical (unpaired) electrons. The number of alkyl halides is 3. The van der Waals surface area contributed by atoms with Crippen molar-refractivity contribution in [2.24, 2.45) is 5.41 Å². The highest BCUT2D eigenvalue weighted by atomic mass is 35.5. The first-order chi connectivity index (χ1) is 17.2. The van der Waals surface area contributed by atoms with Gasteiger partial charge < -0.3 is 14.7 Å². The maximum Gasteiger partial charge on any atom is 0.418 e. The van der Waals surface area contributed by atoms with E-state index in [9.17, 15) is 31.1 Å². The zero-order chi connectivity index (χ0) is 27.2. The van der Waals surface area contributed by atoms with E-state index in [1.54, 1.807) is 4.90 Å². The number of hydrogen-bond acceptors (Lipinski definition) is 6. The second-order valence-electron chi connectivity index (χ2n) is 10.1. The van der Waals surface area contributed by atoms with Gasteiger partial charge in [0, 0.05) is 36.3 Å². The standard InChI is InChI=1S/C24H28ClF4N3O4S/c1-23(5-7-32(8-6-23)21-10-17(24(27,28)29)18(25)12-30-21)13-36-20-11-19(26)16(9-15(20)14-3-4-14)22(33)31-37(2,34)35/h9-12,14,22,31,33H,3-8,13H2,1-2H3. The molecular formula is C24H28ClF4N3O4S. The van der Waals surface area contributed by atoms with Gasteiger partial charge in [0.05, 0.1) is 23.4 Å². The van der Waals surface area contributed by atoms with Gasteiger partial charge in [-0.15, -0.1) is 0 Å². The van der Waals surface area contributed by atoms with Crippen LogP contribution in [0.5, 0.6) is 5.75 Å². The van der Waals surface area contributed by atoms with Gasteiger partial charge in [0.25, 0.3) is 0 Å². The number of nitrogens with one attached hydrogen (secondary N) is 1. The first kappa shape index (κ1) is 27.9. The summed E-state index contributed by atoms with van der Waals surface area (Å²) in [5, 5.41) is 9.73. The summed E-state index contributed by atoms with van der Waals surface area (Å²) in [7, 11) is -3.75. The molecule has 0 amide bonds. The fraction of sp³-hybridized carbons (Fsp3) is 0.542. The maximum atomic E-state index is 14.8. The molecule has 1 aliphatic heterocycles. The van der Waals surface area contributed by atoms with E-state index in [0.29, 0.717) is 37.2 Å². The lowest BCUT2D eigenvalue weighted by atomic mass is 9.81. The van der Waals surface area contributed by atoms with Crippen LogP contribution in [0.15, 0.2) is 24.4 Å². The van der Waals surface area contributed by atoms with E-state index in [-0.39, 0.29) is 29.3 Å². The number of halogens is 5. The summed E-state index contributed by atoms with van der Waals surface area (Å²) in [6, 6.07) is 3.58. The van der Waals surface area contributed by atoms with Crippen LogP contribution in [-0.4, -0.2) is 44.5 Å². The summed E-state index contributed by atoms with van der Waals surface area (Å²) in [5.74, 6) is -0.117. The predicted octanol–water partition coefficient (Wildman–Crippen LogP) is 5.00. The molecule has 37 heavy (non-hydrogen) atoms. The zero-order valence-corrected chi connectivity index (χ0v) is 21.9. The van der Waals surface area contributed by atoms with Crippen molar-refractivity contribution < 1.29 is 35.8 Å². The van der Waals surface area contributed by atoms with Gasteiger partial charge in [-0.1, -0.05) is 18.5 Å². The third-order valence-electron chi connectivity index (χ3n) is 6.78. The normalized spacial score (nSPS) is 19.1. The number of pyridine rings is 1. The average molecular weight is 566 g/mol. The minimum absolute atomic E-state index is 0.133. The van der Waals surface area contributed by atoms with Crippen LogP contribution in [0, 0.1) is 11.2 Å². The second kappa shape index (κ2) is 10.2. The fourth-order valence-electron chi connectivity index (χ4n) is 4.39. The molecule has 1 unspecified atom stereocenters. The van der Waals surface area contributed by atoms with Gasteiger partial charge in [-0.2, -0.15) is 17.9 Å². The molecule has 2 fully saturated rings. The molecule has 0 spiro atoms. The van der Waals surface area contributed by atoms with Crippen molar-refractivity contribution in [2.45, 2.75) is 50.9 Å². The lowest BCUT2D eigenvalue weighted by Gasteiger charge is -2.40. The number of benzene rings is 1. The number of rotatable bonds is 8. The molecule has 13 heteroatoms. The molecular weight excluding hydrogens is 538 g/mol. The summed E-state index contributed by atoms with van der Waals surface area (Å²) >= 11 is 5.68. The lowest BCUT2D eigenvalue weighted by Crippen LogP contribution is -2.42. The van der Waals surface area contributed by atoms with Crippen molar-refractivity contribution >= 4 is 27.4 Å². The van der Waals surface area contributed by atoms with Crippen LogP contribution in [0.3, 0.4) is 0 Å². The molecule has 4 rings (SSSR count). The smallest absolute Gasteiger partial charge is 0.418 e. The number of hydrogen-bond donors (Lipinski definition) is 2. The van der Waals surface area contributed by atoms with Crippen LogP contribution in [-0.2, 0) is 16.2 Å². The molecule has 1 saturated heterocycles. The van der Waals surface area contributed by atoms with Crippen molar-refractivity contribution in [3.63, 3.8) is 0 Å². The Hall–Kier alpha value is -2.15. The number of aliphatic hydroxyl groups excluding tert-OH is 1. The Balaban J connectivity index is 1.44. The Bertz CT molecular complexity index is 1260. The number of aliphatic hydroxyl groups is 1. The SMILES string of the molecule is CC1(COc2cc(F)c(C(O)NS(C)(=O)=O)cc2C2CC2)CCN(c2cc(C(F)(F)F)c(Cl)cn2)CC1. The van der Waals surface area contributed by atoms with E-state index in [1.807, 2.05) is 11.6 Å². The molecule has 0 bridgehead atoms. The van der Waals surface area contributed by atoms with Crippen molar-refractivity contribution in [1.29, 1.82) is 0 Å². The van der Waals surface area contributed by atoms with Crippen LogP contribution in [0.25, 0.3) is 0 Å². The number of nitrogens with zero attached hydrogens (tertiary/aromatic N) is 2. The van der Waals surface area contributed by atoms with Gasteiger partial charge in [0.2, 0.25) is 10.0 Å². The van der Waals surface area contributed by atoms with E-state index in [1.165, 1.54) is 12.1 Å². The van der Waals surface area contributed by atoms with Crippen molar-refractivity contribution in [1.82, 2.24) is 9.71 Å². The van der Waals surface area contributed by atoms with E-state index < -0.39 is 38.8 Å². The van der Waals surface area contributed by atoms with Gasteiger partial charge in [-0.25, -0.2) is 17.8 Å². The van der Waals surface area contributed by atoms with Crippen LogP contribution in [0.2, 0.25) is 5.02 Å². The summed E-state index contributed by atoms with van der Waals surface area (Å²) in [4.78, 5) is 5.84. The average Bonchev–Trinajstić information content (AvgIpc) is 3.62. The number of piperidine rings is 1. The highest BCUT2D eigenvalue weighted by Gasteiger charge is 2.37. The van der Waals surface area contributed by atoms with Gasteiger partial charge in [-0.3, -0.25) is 0 Å². The highest BCUT2D eigenvalue weighted by Crippen LogP contribution is 2.46. The third kappa shape index (κ3) is 6.84.